The van der Waals surface area contributed by atoms with Crippen molar-refractivity contribution in [1.29, 1.82) is 0 Å². The molecule has 3 heterocycles. The fraction of sp³-hybridized carbons (Fsp3) is 0.333. The van der Waals surface area contributed by atoms with Gasteiger partial charge in [0.1, 0.15) is 5.56 Å². The second kappa shape index (κ2) is 4.29. The van der Waals surface area contributed by atoms with Crippen LogP contribution in [0.5, 0.6) is 0 Å². The average molecular weight is 249 g/mol. The molecule has 0 aliphatic carbocycles. The number of carbonyl (C=O) groups excluding carboxylic acids is 1. The van der Waals surface area contributed by atoms with Gasteiger partial charge in [-0.25, -0.2) is 14.3 Å². The molecule has 3 rings (SSSR count). The van der Waals surface area contributed by atoms with Crippen LogP contribution in [0.2, 0.25) is 0 Å². The molecular weight excluding hydrogens is 237 g/mol. The van der Waals surface area contributed by atoms with Crippen LogP contribution < -0.4 is 4.90 Å². The molecular formula is C12H12FN3O2. The normalized spacial score (nSPS) is 15.3. The van der Waals surface area contributed by atoms with E-state index in [1.807, 2.05) is 12.1 Å². The number of anilines is 1. The predicted molar refractivity (Wildman–Crippen MR) is 63.2 cm³/mol. The van der Waals surface area contributed by atoms with Gasteiger partial charge in [-0.1, -0.05) is 0 Å². The molecule has 0 unspecified atom stereocenters. The van der Waals surface area contributed by atoms with E-state index in [0.29, 0.717) is 5.52 Å². The molecule has 6 heteroatoms. The maximum atomic E-state index is 12.0. The lowest BCUT2D eigenvalue weighted by molar-refractivity contribution is -0.0786. The number of rotatable bonds is 2. The summed E-state index contributed by atoms with van der Waals surface area (Å²) in [7, 11) is 0. The number of pyridine rings is 1. The minimum atomic E-state index is -1.01. The van der Waals surface area contributed by atoms with E-state index in [9.17, 15) is 9.32 Å². The van der Waals surface area contributed by atoms with Crippen molar-refractivity contribution >= 4 is 17.2 Å². The standard InChI is InChI=1S/C12H12FN3O2/c13-18-12(17)10-8-14-16-6-3-9(7-11(10)16)15-4-1-2-5-15/h3,6-8H,1-2,4-5H2. The molecule has 2 aromatic heterocycles. The van der Waals surface area contributed by atoms with Crippen LogP contribution in [0.25, 0.3) is 5.52 Å². The number of fused-ring (bicyclic) bond motifs is 1. The van der Waals surface area contributed by atoms with E-state index in [1.165, 1.54) is 23.6 Å². The van der Waals surface area contributed by atoms with E-state index >= 15 is 0 Å². The fourth-order valence-corrected chi connectivity index (χ4v) is 2.34. The van der Waals surface area contributed by atoms with Crippen LogP contribution in [0.1, 0.15) is 23.2 Å². The summed E-state index contributed by atoms with van der Waals surface area (Å²) in [6, 6.07) is 3.78. The van der Waals surface area contributed by atoms with Gasteiger partial charge in [0.25, 0.3) is 0 Å². The molecule has 0 N–H and O–H groups in total. The van der Waals surface area contributed by atoms with Gasteiger partial charge in [-0.05, 0) is 25.0 Å². The number of hydrogen-bond acceptors (Lipinski definition) is 4. The highest BCUT2D eigenvalue weighted by molar-refractivity contribution is 5.96. The Labute approximate surface area is 103 Å². The summed E-state index contributed by atoms with van der Waals surface area (Å²) in [5.41, 5.74) is 1.72. The molecule has 94 valence electrons. The van der Waals surface area contributed by atoms with Crippen LogP contribution in [0, 0.1) is 0 Å². The molecule has 1 saturated heterocycles. The van der Waals surface area contributed by atoms with E-state index in [1.54, 1.807) is 6.20 Å². The first kappa shape index (κ1) is 11.0. The first-order valence-electron chi connectivity index (χ1n) is 5.85. The molecule has 1 fully saturated rings. The third-order valence-corrected chi connectivity index (χ3v) is 3.27. The Bertz CT molecular complexity index is 590. The number of halogens is 1. The molecule has 0 bridgehead atoms. The number of hydrogen-bond donors (Lipinski definition) is 0. The van der Waals surface area contributed by atoms with Gasteiger partial charge in [0.05, 0.1) is 11.7 Å². The molecule has 0 amide bonds. The predicted octanol–water partition coefficient (Wildman–Crippen LogP) is 1.98. The summed E-state index contributed by atoms with van der Waals surface area (Å²) < 4.78 is 13.5. The summed E-state index contributed by atoms with van der Waals surface area (Å²) in [4.78, 5) is 16.8. The molecule has 1 aliphatic heterocycles. The first-order chi connectivity index (χ1) is 8.79. The van der Waals surface area contributed by atoms with E-state index in [4.69, 9.17) is 0 Å². The monoisotopic (exact) mass is 249 g/mol. The summed E-state index contributed by atoms with van der Waals surface area (Å²) in [6.45, 7) is 2.01. The lowest BCUT2D eigenvalue weighted by Crippen LogP contribution is -2.17. The summed E-state index contributed by atoms with van der Waals surface area (Å²) in [5.74, 6) is -1.01. The first-order valence-corrected chi connectivity index (χ1v) is 5.85. The van der Waals surface area contributed by atoms with Crippen molar-refractivity contribution in [2.75, 3.05) is 18.0 Å². The molecule has 0 saturated carbocycles. The minimum absolute atomic E-state index is 0.138. The molecule has 0 aromatic carbocycles. The number of nitrogens with zero attached hydrogens (tertiary/aromatic N) is 3. The maximum Gasteiger partial charge on any atom is 0.383 e. The summed E-state index contributed by atoms with van der Waals surface area (Å²) in [5, 5.41) is 3.99. The highest BCUT2D eigenvalue weighted by Gasteiger charge is 2.17. The van der Waals surface area contributed by atoms with Crippen LogP contribution in [0.3, 0.4) is 0 Å². The van der Waals surface area contributed by atoms with E-state index in [-0.39, 0.29) is 5.56 Å². The number of aromatic nitrogens is 2. The van der Waals surface area contributed by atoms with Gasteiger partial charge in [-0.3, -0.25) is 0 Å². The van der Waals surface area contributed by atoms with E-state index < -0.39 is 5.97 Å². The Morgan fingerprint density at radius 1 is 1.39 bits per heavy atom. The average Bonchev–Trinajstić information content (AvgIpc) is 3.06. The molecule has 0 spiro atoms. The summed E-state index contributed by atoms with van der Waals surface area (Å²) >= 11 is 0. The maximum absolute atomic E-state index is 12.0. The zero-order chi connectivity index (χ0) is 12.5. The minimum Gasteiger partial charge on any atom is -0.371 e. The zero-order valence-corrected chi connectivity index (χ0v) is 9.67. The largest absolute Gasteiger partial charge is 0.383 e. The van der Waals surface area contributed by atoms with Crippen molar-refractivity contribution in [2.24, 2.45) is 0 Å². The Kier molecular flexibility index (Phi) is 2.62. The van der Waals surface area contributed by atoms with E-state index in [0.717, 1.165) is 18.8 Å². The molecule has 5 nitrogen and oxygen atoms in total. The molecule has 2 aromatic rings. The highest BCUT2D eigenvalue weighted by Crippen LogP contribution is 2.23. The van der Waals surface area contributed by atoms with Crippen LogP contribution in [-0.2, 0) is 4.94 Å². The lowest BCUT2D eigenvalue weighted by Gasteiger charge is -2.17. The lowest BCUT2D eigenvalue weighted by atomic mass is 10.2. The zero-order valence-electron chi connectivity index (χ0n) is 9.67. The molecule has 1 aliphatic rings. The fourth-order valence-electron chi connectivity index (χ4n) is 2.34. The third kappa shape index (κ3) is 1.70. The summed E-state index contributed by atoms with van der Waals surface area (Å²) in [6.07, 6.45) is 5.41. The van der Waals surface area contributed by atoms with Crippen molar-refractivity contribution in [2.45, 2.75) is 12.8 Å². The van der Waals surface area contributed by atoms with Gasteiger partial charge < -0.3 is 4.90 Å². The molecule has 0 radical (unpaired) electrons. The van der Waals surface area contributed by atoms with Crippen LogP contribution in [0.15, 0.2) is 24.5 Å². The quantitative estimate of drug-likeness (QED) is 0.816. The second-order valence-corrected chi connectivity index (χ2v) is 4.33. The van der Waals surface area contributed by atoms with Gasteiger partial charge in [0.15, 0.2) is 0 Å². The highest BCUT2D eigenvalue weighted by atomic mass is 19.3. The molecule has 0 atom stereocenters. The van der Waals surface area contributed by atoms with Gasteiger partial charge in [-0.2, -0.15) is 5.10 Å². The van der Waals surface area contributed by atoms with Crippen LogP contribution in [0.4, 0.5) is 10.2 Å². The Morgan fingerprint density at radius 3 is 2.89 bits per heavy atom. The SMILES string of the molecule is O=C(OF)c1cnn2ccc(N3CCCC3)cc12. The van der Waals surface area contributed by atoms with Crippen molar-refractivity contribution in [1.82, 2.24) is 9.61 Å². The Hall–Kier alpha value is -2.11. The number of carbonyl (C=O) groups is 1. The van der Waals surface area contributed by atoms with Crippen LogP contribution >= 0.6 is 0 Å². The Morgan fingerprint density at radius 2 is 2.17 bits per heavy atom. The van der Waals surface area contributed by atoms with Gasteiger partial charge in [0, 0.05) is 29.5 Å². The third-order valence-electron chi connectivity index (χ3n) is 3.27. The van der Waals surface area contributed by atoms with Crippen molar-refractivity contribution < 1.29 is 14.3 Å². The van der Waals surface area contributed by atoms with Gasteiger partial charge in [0.2, 0.25) is 0 Å². The second-order valence-electron chi connectivity index (χ2n) is 4.33. The van der Waals surface area contributed by atoms with Crippen LogP contribution in [-0.4, -0.2) is 28.7 Å². The van der Waals surface area contributed by atoms with Crippen molar-refractivity contribution in [3.8, 4) is 0 Å². The topological polar surface area (TPSA) is 46.8 Å². The smallest absolute Gasteiger partial charge is 0.371 e. The van der Waals surface area contributed by atoms with E-state index in [2.05, 4.69) is 14.9 Å². The van der Waals surface area contributed by atoms with Gasteiger partial charge in [-0.15, -0.1) is 0 Å². The molecule has 18 heavy (non-hydrogen) atoms. The van der Waals surface area contributed by atoms with Gasteiger partial charge >= 0.3 is 5.97 Å². The van der Waals surface area contributed by atoms with Crippen molar-refractivity contribution in [3.05, 3.63) is 30.1 Å². The Balaban J connectivity index is 2.06. The van der Waals surface area contributed by atoms with Crippen molar-refractivity contribution in [3.63, 3.8) is 0 Å².